The lowest BCUT2D eigenvalue weighted by atomic mass is 10.0. The molecular weight excluding hydrogens is 258 g/mol. The Bertz CT molecular complexity index is 654. The van der Waals surface area contributed by atoms with Gasteiger partial charge in [-0.05, 0) is 99.2 Å². The van der Waals surface area contributed by atoms with Gasteiger partial charge in [-0.15, -0.1) is 5.11 Å². The Labute approximate surface area is 127 Å². The minimum Gasteiger partial charge on any atom is -0.260 e. The van der Waals surface area contributed by atoms with Crippen LogP contribution in [0.3, 0.4) is 0 Å². The molecule has 110 valence electrons. The molecule has 0 spiro atoms. The van der Waals surface area contributed by atoms with E-state index in [1.165, 1.54) is 33.4 Å². The lowest BCUT2D eigenvalue weighted by Gasteiger charge is -2.08. The van der Waals surface area contributed by atoms with Gasteiger partial charge in [0.15, 0.2) is 0 Å². The Balaban J connectivity index is 2.16. The van der Waals surface area contributed by atoms with Crippen LogP contribution in [0.2, 0.25) is 0 Å². The highest BCUT2D eigenvalue weighted by Gasteiger charge is 2.01. The third-order valence-electron chi connectivity index (χ3n) is 4.18. The molecule has 0 saturated heterocycles. The molecule has 3 nitrogen and oxygen atoms in total. The number of hydrogen-bond donors (Lipinski definition) is 1. The van der Waals surface area contributed by atoms with Crippen LogP contribution in [0.1, 0.15) is 33.4 Å². The Morgan fingerprint density at radius 1 is 0.667 bits per heavy atom. The van der Waals surface area contributed by atoms with Gasteiger partial charge < -0.3 is 0 Å². The Kier molecular flexibility index (Phi) is 4.41. The van der Waals surface area contributed by atoms with Crippen molar-refractivity contribution in [2.45, 2.75) is 41.5 Å². The zero-order valence-corrected chi connectivity index (χ0v) is 13.7. The minimum atomic E-state index is 0.878. The predicted octanol–water partition coefficient (Wildman–Crippen LogP) is 5.65. The Hall–Kier alpha value is -2.16. The van der Waals surface area contributed by atoms with E-state index in [2.05, 4.69) is 81.6 Å². The van der Waals surface area contributed by atoms with Crippen molar-refractivity contribution in [2.75, 3.05) is 5.43 Å². The molecule has 0 unspecified atom stereocenters. The molecule has 0 radical (unpaired) electrons. The van der Waals surface area contributed by atoms with Crippen molar-refractivity contribution in [3.63, 3.8) is 0 Å². The van der Waals surface area contributed by atoms with E-state index in [9.17, 15) is 0 Å². The number of nitrogens with one attached hydrogen (secondary N) is 1. The normalized spacial score (nSPS) is 11.1. The summed E-state index contributed by atoms with van der Waals surface area (Å²) in [7, 11) is 0. The second-order valence-electron chi connectivity index (χ2n) is 5.75. The summed E-state index contributed by atoms with van der Waals surface area (Å²) in [5.74, 6) is 0. The molecule has 2 aromatic carbocycles. The maximum absolute atomic E-state index is 4.26. The number of aryl methyl sites for hydroxylation is 4. The molecule has 2 aromatic rings. The van der Waals surface area contributed by atoms with Crippen molar-refractivity contribution in [1.29, 1.82) is 0 Å². The van der Waals surface area contributed by atoms with Gasteiger partial charge in [0.1, 0.15) is 0 Å². The standard InChI is InChI=1S/C18H23N3/c1-11-7-17(8-12(2)15(11)5)19-21-20-18-9-13(3)16(6)14(4)10-18/h7-10H,1-6H3,(H,19,20). The van der Waals surface area contributed by atoms with Gasteiger partial charge in [-0.3, -0.25) is 5.43 Å². The third kappa shape index (κ3) is 3.48. The number of anilines is 1. The monoisotopic (exact) mass is 281 g/mol. The molecule has 0 heterocycles. The highest BCUT2D eigenvalue weighted by Crippen LogP contribution is 2.23. The number of nitrogens with zero attached hydrogens (tertiary/aromatic N) is 2. The molecule has 3 heteroatoms. The van der Waals surface area contributed by atoms with Gasteiger partial charge in [-0.1, -0.05) is 5.22 Å². The van der Waals surface area contributed by atoms with Crippen LogP contribution in [0.5, 0.6) is 0 Å². The number of hydrogen-bond acceptors (Lipinski definition) is 2. The summed E-state index contributed by atoms with van der Waals surface area (Å²) in [4.78, 5) is 0. The number of rotatable bonds is 3. The molecular formula is C18H23N3. The highest BCUT2D eigenvalue weighted by molar-refractivity contribution is 5.51. The van der Waals surface area contributed by atoms with E-state index in [1.54, 1.807) is 0 Å². The lowest BCUT2D eigenvalue weighted by molar-refractivity contribution is 1.11. The highest BCUT2D eigenvalue weighted by atomic mass is 15.4. The van der Waals surface area contributed by atoms with Gasteiger partial charge in [-0.2, -0.15) is 0 Å². The second-order valence-corrected chi connectivity index (χ2v) is 5.75. The zero-order chi connectivity index (χ0) is 15.6. The van der Waals surface area contributed by atoms with Gasteiger partial charge in [0.2, 0.25) is 0 Å². The average Bonchev–Trinajstić information content (AvgIpc) is 2.42. The molecule has 0 aliphatic carbocycles. The first-order valence-corrected chi connectivity index (χ1v) is 7.21. The van der Waals surface area contributed by atoms with E-state index in [1.807, 2.05) is 0 Å². The molecule has 0 amide bonds. The zero-order valence-electron chi connectivity index (χ0n) is 13.7. The molecule has 2 rings (SSSR count). The van der Waals surface area contributed by atoms with Crippen molar-refractivity contribution in [3.8, 4) is 0 Å². The predicted molar refractivity (Wildman–Crippen MR) is 89.4 cm³/mol. The van der Waals surface area contributed by atoms with Crippen molar-refractivity contribution in [2.24, 2.45) is 10.3 Å². The molecule has 1 N–H and O–H groups in total. The smallest absolute Gasteiger partial charge is 0.0879 e. The molecule has 0 saturated carbocycles. The SMILES string of the molecule is Cc1cc(N=NNc2cc(C)c(C)c(C)c2)cc(C)c1C. The van der Waals surface area contributed by atoms with Crippen LogP contribution >= 0.6 is 0 Å². The van der Waals surface area contributed by atoms with E-state index in [0.29, 0.717) is 0 Å². The fraction of sp³-hybridized carbons (Fsp3) is 0.333. The molecule has 0 fully saturated rings. The molecule has 21 heavy (non-hydrogen) atoms. The summed E-state index contributed by atoms with van der Waals surface area (Å²) in [5, 5.41) is 8.37. The Morgan fingerprint density at radius 3 is 1.57 bits per heavy atom. The average molecular weight is 281 g/mol. The van der Waals surface area contributed by atoms with Gasteiger partial charge in [0.25, 0.3) is 0 Å². The minimum absolute atomic E-state index is 0.878. The van der Waals surface area contributed by atoms with Gasteiger partial charge in [0.05, 0.1) is 11.4 Å². The molecule has 0 aliphatic heterocycles. The molecule has 0 bridgehead atoms. The maximum atomic E-state index is 4.26. The fourth-order valence-electron chi connectivity index (χ4n) is 2.31. The fourth-order valence-corrected chi connectivity index (χ4v) is 2.31. The molecule has 0 aliphatic rings. The summed E-state index contributed by atoms with van der Waals surface area (Å²) < 4.78 is 0. The van der Waals surface area contributed by atoms with Crippen molar-refractivity contribution in [1.82, 2.24) is 0 Å². The van der Waals surface area contributed by atoms with Crippen molar-refractivity contribution >= 4 is 11.4 Å². The van der Waals surface area contributed by atoms with E-state index in [-0.39, 0.29) is 0 Å². The molecule has 0 atom stereocenters. The van der Waals surface area contributed by atoms with Crippen LogP contribution in [-0.4, -0.2) is 0 Å². The van der Waals surface area contributed by atoms with E-state index in [4.69, 9.17) is 0 Å². The number of benzene rings is 2. The molecule has 0 aromatic heterocycles. The van der Waals surface area contributed by atoms with E-state index >= 15 is 0 Å². The van der Waals surface area contributed by atoms with Gasteiger partial charge in [-0.25, -0.2) is 0 Å². The van der Waals surface area contributed by atoms with E-state index < -0.39 is 0 Å². The summed E-state index contributed by atoms with van der Waals surface area (Å²) in [5.41, 5.74) is 12.5. The summed E-state index contributed by atoms with van der Waals surface area (Å²) in [6.45, 7) is 12.7. The van der Waals surface area contributed by atoms with Crippen molar-refractivity contribution < 1.29 is 0 Å². The Morgan fingerprint density at radius 2 is 1.10 bits per heavy atom. The second kappa shape index (κ2) is 6.08. The lowest BCUT2D eigenvalue weighted by Crippen LogP contribution is -1.92. The van der Waals surface area contributed by atoms with Crippen LogP contribution in [-0.2, 0) is 0 Å². The van der Waals surface area contributed by atoms with E-state index in [0.717, 1.165) is 11.4 Å². The first kappa shape index (κ1) is 15.2. The summed E-state index contributed by atoms with van der Waals surface area (Å²) >= 11 is 0. The summed E-state index contributed by atoms with van der Waals surface area (Å²) in [6.07, 6.45) is 0. The van der Waals surface area contributed by atoms with Crippen LogP contribution < -0.4 is 5.43 Å². The van der Waals surface area contributed by atoms with Gasteiger partial charge >= 0.3 is 0 Å². The van der Waals surface area contributed by atoms with Crippen LogP contribution in [0.25, 0.3) is 0 Å². The van der Waals surface area contributed by atoms with Gasteiger partial charge in [0, 0.05) is 0 Å². The van der Waals surface area contributed by atoms with Crippen LogP contribution in [0.4, 0.5) is 11.4 Å². The first-order chi connectivity index (χ1) is 9.88. The largest absolute Gasteiger partial charge is 0.260 e. The topological polar surface area (TPSA) is 36.8 Å². The van der Waals surface area contributed by atoms with Crippen molar-refractivity contribution in [3.05, 3.63) is 57.6 Å². The summed E-state index contributed by atoms with van der Waals surface area (Å²) in [6, 6.07) is 8.29. The maximum Gasteiger partial charge on any atom is 0.0879 e. The first-order valence-electron chi connectivity index (χ1n) is 7.21. The van der Waals surface area contributed by atoms with Crippen LogP contribution in [0.15, 0.2) is 34.6 Å². The third-order valence-corrected chi connectivity index (χ3v) is 4.18. The quantitative estimate of drug-likeness (QED) is 0.573. The van der Waals surface area contributed by atoms with Crippen LogP contribution in [0, 0.1) is 41.5 Å².